The lowest BCUT2D eigenvalue weighted by Crippen LogP contribution is -2.34. The summed E-state index contributed by atoms with van der Waals surface area (Å²) in [6, 6.07) is 6.66. The largest absolute Gasteiger partial charge is 0.349 e. The first-order chi connectivity index (χ1) is 10.7. The summed E-state index contributed by atoms with van der Waals surface area (Å²) in [6.07, 6.45) is 3.33. The number of imidazole rings is 1. The van der Waals surface area contributed by atoms with E-state index >= 15 is 0 Å². The lowest BCUT2D eigenvalue weighted by atomic mass is 10.1. The third-order valence-corrected chi connectivity index (χ3v) is 3.45. The number of H-pyrrole nitrogens is 1. The second-order valence-corrected chi connectivity index (χ2v) is 4.87. The summed E-state index contributed by atoms with van der Waals surface area (Å²) in [4.78, 5) is 44.0. The minimum Gasteiger partial charge on any atom is -0.349 e. The maximum Gasteiger partial charge on any atom is 0.261 e. The number of aromatic nitrogens is 2. The Hall–Kier alpha value is -2.96. The lowest BCUT2D eigenvalue weighted by Gasteiger charge is -2.13. The molecule has 2 aromatic rings. The van der Waals surface area contributed by atoms with E-state index < -0.39 is 0 Å². The lowest BCUT2D eigenvalue weighted by molar-refractivity contribution is -0.121. The van der Waals surface area contributed by atoms with Gasteiger partial charge in [0.1, 0.15) is 5.82 Å². The quantitative estimate of drug-likeness (QED) is 0.795. The van der Waals surface area contributed by atoms with E-state index in [4.69, 9.17) is 0 Å². The minimum atomic E-state index is -0.348. The summed E-state index contributed by atoms with van der Waals surface area (Å²) in [7, 11) is 0. The molecule has 1 aliphatic rings. The van der Waals surface area contributed by atoms with Crippen LogP contribution in [0.1, 0.15) is 33.0 Å². The Labute approximate surface area is 126 Å². The van der Waals surface area contributed by atoms with Gasteiger partial charge in [0.15, 0.2) is 0 Å². The van der Waals surface area contributed by atoms with Gasteiger partial charge in [-0.05, 0) is 12.1 Å². The van der Waals surface area contributed by atoms with E-state index in [0.29, 0.717) is 17.0 Å². The molecule has 1 aromatic heterocycles. The molecule has 2 heterocycles. The summed E-state index contributed by atoms with van der Waals surface area (Å²) in [5, 5.41) is 2.68. The fraction of sp³-hybridized carbons (Fsp3) is 0.200. The normalized spacial score (nSPS) is 13.4. The van der Waals surface area contributed by atoms with Crippen LogP contribution in [0.2, 0.25) is 0 Å². The van der Waals surface area contributed by atoms with Crippen LogP contribution in [-0.2, 0) is 11.3 Å². The van der Waals surface area contributed by atoms with Crippen molar-refractivity contribution in [1.29, 1.82) is 0 Å². The minimum absolute atomic E-state index is 0.0617. The van der Waals surface area contributed by atoms with E-state index in [1.807, 2.05) is 0 Å². The van der Waals surface area contributed by atoms with Crippen molar-refractivity contribution in [3.05, 3.63) is 53.6 Å². The smallest absolute Gasteiger partial charge is 0.261 e. The van der Waals surface area contributed by atoms with Gasteiger partial charge in [0.05, 0.1) is 17.7 Å². The molecule has 7 heteroatoms. The molecule has 1 aromatic carbocycles. The van der Waals surface area contributed by atoms with Crippen molar-refractivity contribution in [2.45, 2.75) is 13.0 Å². The topological polar surface area (TPSA) is 95.2 Å². The van der Waals surface area contributed by atoms with E-state index in [9.17, 15) is 14.4 Å². The number of aromatic amines is 1. The maximum atomic E-state index is 12.1. The van der Waals surface area contributed by atoms with Gasteiger partial charge in [-0.2, -0.15) is 0 Å². The Balaban J connectivity index is 1.55. The van der Waals surface area contributed by atoms with Crippen molar-refractivity contribution in [3.8, 4) is 0 Å². The zero-order chi connectivity index (χ0) is 15.5. The van der Waals surface area contributed by atoms with Gasteiger partial charge in [-0.15, -0.1) is 0 Å². The second-order valence-electron chi connectivity index (χ2n) is 4.87. The predicted molar refractivity (Wildman–Crippen MR) is 76.9 cm³/mol. The molecule has 7 nitrogen and oxygen atoms in total. The summed E-state index contributed by atoms with van der Waals surface area (Å²) >= 11 is 0. The van der Waals surface area contributed by atoms with E-state index in [2.05, 4.69) is 15.3 Å². The number of hydrogen-bond donors (Lipinski definition) is 2. The van der Waals surface area contributed by atoms with E-state index in [1.165, 1.54) is 0 Å². The Morgan fingerprint density at radius 3 is 2.45 bits per heavy atom. The van der Waals surface area contributed by atoms with Crippen LogP contribution in [0.4, 0.5) is 0 Å². The van der Waals surface area contributed by atoms with Crippen LogP contribution < -0.4 is 5.32 Å². The number of rotatable bonds is 5. The highest BCUT2D eigenvalue weighted by molar-refractivity contribution is 6.21. The van der Waals surface area contributed by atoms with Gasteiger partial charge in [0, 0.05) is 25.4 Å². The summed E-state index contributed by atoms with van der Waals surface area (Å²) in [6.45, 7) is 0.351. The molecule has 3 rings (SSSR count). The van der Waals surface area contributed by atoms with Crippen LogP contribution in [0.3, 0.4) is 0 Å². The van der Waals surface area contributed by atoms with Crippen molar-refractivity contribution >= 4 is 17.7 Å². The summed E-state index contributed by atoms with van der Waals surface area (Å²) < 4.78 is 0. The van der Waals surface area contributed by atoms with Crippen LogP contribution in [0.5, 0.6) is 0 Å². The predicted octanol–water partition coefficient (Wildman–Crippen LogP) is 0.712. The van der Waals surface area contributed by atoms with Crippen molar-refractivity contribution in [2.75, 3.05) is 6.54 Å². The SMILES string of the molecule is O=C(CCN1C(=O)c2ccccc2C1=O)NCc1ncc[nH]1. The number of hydrogen-bond acceptors (Lipinski definition) is 4. The Bertz CT molecular complexity index is 689. The van der Waals surface area contributed by atoms with E-state index in [0.717, 1.165) is 4.90 Å². The highest BCUT2D eigenvalue weighted by Gasteiger charge is 2.34. The number of nitrogens with zero attached hydrogens (tertiary/aromatic N) is 2. The van der Waals surface area contributed by atoms with Crippen LogP contribution in [0.25, 0.3) is 0 Å². The Kier molecular flexibility index (Phi) is 3.69. The fourth-order valence-corrected chi connectivity index (χ4v) is 2.32. The number of imide groups is 1. The van der Waals surface area contributed by atoms with Gasteiger partial charge in [0.25, 0.3) is 11.8 Å². The van der Waals surface area contributed by atoms with E-state index in [1.54, 1.807) is 36.7 Å². The van der Waals surface area contributed by atoms with Gasteiger partial charge in [-0.3, -0.25) is 19.3 Å². The van der Waals surface area contributed by atoms with Gasteiger partial charge >= 0.3 is 0 Å². The first-order valence-corrected chi connectivity index (χ1v) is 6.87. The summed E-state index contributed by atoms with van der Waals surface area (Å²) in [5.41, 5.74) is 0.784. The van der Waals surface area contributed by atoms with Crippen LogP contribution in [-0.4, -0.2) is 39.1 Å². The zero-order valence-electron chi connectivity index (χ0n) is 11.7. The monoisotopic (exact) mass is 298 g/mol. The molecular formula is C15H14N4O3. The summed E-state index contributed by atoms with van der Waals surface area (Å²) in [5.74, 6) is -0.291. The maximum absolute atomic E-state index is 12.1. The van der Waals surface area contributed by atoms with Gasteiger partial charge < -0.3 is 10.3 Å². The molecule has 0 atom stereocenters. The fourth-order valence-electron chi connectivity index (χ4n) is 2.32. The number of carbonyl (C=O) groups is 3. The Morgan fingerprint density at radius 1 is 1.18 bits per heavy atom. The molecule has 112 valence electrons. The number of fused-ring (bicyclic) bond motifs is 1. The van der Waals surface area contributed by atoms with Crippen molar-refractivity contribution in [2.24, 2.45) is 0 Å². The van der Waals surface area contributed by atoms with Crippen molar-refractivity contribution in [1.82, 2.24) is 20.2 Å². The molecule has 0 radical (unpaired) electrons. The van der Waals surface area contributed by atoms with Crippen LogP contribution in [0.15, 0.2) is 36.7 Å². The highest BCUT2D eigenvalue weighted by Crippen LogP contribution is 2.22. The molecule has 2 N–H and O–H groups in total. The third kappa shape index (κ3) is 2.60. The first-order valence-electron chi connectivity index (χ1n) is 6.87. The van der Waals surface area contributed by atoms with Gasteiger partial charge in [-0.25, -0.2) is 4.98 Å². The molecule has 0 spiro atoms. The van der Waals surface area contributed by atoms with Gasteiger partial charge in [-0.1, -0.05) is 12.1 Å². The van der Waals surface area contributed by atoms with E-state index in [-0.39, 0.29) is 37.2 Å². The van der Waals surface area contributed by atoms with Crippen LogP contribution >= 0.6 is 0 Å². The molecule has 0 saturated carbocycles. The molecule has 0 saturated heterocycles. The molecule has 22 heavy (non-hydrogen) atoms. The number of nitrogens with one attached hydrogen (secondary N) is 2. The molecular weight excluding hydrogens is 284 g/mol. The third-order valence-electron chi connectivity index (χ3n) is 3.45. The second kappa shape index (κ2) is 5.80. The number of carbonyl (C=O) groups excluding carboxylic acids is 3. The van der Waals surface area contributed by atoms with Crippen LogP contribution in [0, 0.1) is 0 Å². The first kappa shape index (κ1) is 14.0. The zero-order valence-corrected chi connectivity index (χ0v) is 11.7. The average Bonchev–Trinajstić information content (AvgIpc) is 3.13. The molecule has 0 aliphatic carbocycles. The molecule has 3 amide bonds. The number of amides is 3. The Morgan fingerprint density at radius 2 is 1.86 bits per heavy atom. The standard InChI is InChI=1S/C15H14N4O3/c20-13(18-9-12-16-6-7-17-12)5-8-19-14(21)10-3-1-2-4-11(10)15(19)22/h1-4,6-7H,5,8-9H2,(H,16,17)(H,18,20). The van der Waals surface area contributed by atoms with Gasteiger partial charge in [0.2, 0.25) is 5.91 Å². The van der Waals surface area contributed by atoms with Crippen molar-refractivity contribution in [3.63, 3.8) is 0 Å². The molecule has 1 aliphatic heterocycles. The molecule has 0 fully saturated rings. The van der Waals surface area contributed by atoms with Crippen molar-refractivity contribution < 1.29 is 14.4 Å². The number of benzene rings is 1. The molecule has 0 unspecified atom stereocenters. The average molecular weight is 298 g/mol. The molecule has 0 bridgehead atoms. The highest BCUT2D eigenvalue weighted by atomic mass is 16.2.